The van der Waals surface area contributed by atoms with Crippen molar-refractivity contribution in [2.45, 2.75) is 66.3 Å². The Morgan fingerprint density at radius 1 is 0.785 bits per heavy atom. The quantitative estimate of drug-likeness (QED) is 0.0378. The minimum absolute atomic E-state index is 0. The SMILES string of the molecule is C.CCOC(=O)[C@@H](C)OC(=O)C1=C(C)NC(c2nccs2)=N[C@H]1c1ccc(Cl)cc1Cl.CCOC(=O)[C@@H](C)OC(=O)C1=C(CBr)NC(c2nccs2)=N[C@H]1c1ccc(Cl)cc1Cl.[B]=NS. The molecule has 2 aliphatic heterocycles. The Labute approximate surface area is 419 Å². The van der Waals surface area contributed by atoms with Crippen molar-refractivity contribution in [3.05, 3.63) is 123 Å². The third-order valence-corrected chi connectivity index (χ3v) is 11.8. The maximum absolute atomic E-state index is 13.1. The van der Waals surface area contributed by atoms with E-state index in [1.54, 1.807) is 69.6 Å². The Bertz CT molecular complexity index is 2460. The summed E-state index contributed by atoms with van der Waals surface area (Å²) >= 11 is 34.4. The van der Waals surface area contributed by atoms with Crippen LogP contribution in [0.3, 0.4) is 0 Å². The van der Waals surface area contributed by atoms with Gasteiger partial charge in [0.05, 0.1) is 24.4 Å². The Balaban J connectivity index is 0.000000321. The second-order valence-corrected chi connectivity index (χ2v) is 17.1. The van der Waals surface area contributed by atoms with E-state index in [4.69, 9.17) is 70.3 Å². The van der Waals surface area contributed by atoms with E-state index in [-0.39, 0.29) is 31.8 Å². The number of nitrogens with one attached hydrogen (secondary N) is 2. The molecule has 2 aromatic heterocycles. The Kier molecular flexibility index (Phi) is 22.8. The summed E-state index contributed by atoms with van der Waals surface area (Å²) in [6, 6.07) is 8.35. The summed E-state index contributed by atoms with van der Waals surface area (Å²) in [6.45, 7) is 8.36. The van der Waals surface area contributed by atoms with Gasteiger partial charge in [-0.15, -0.1) is 22.7 Å². The molecule has 6 rings (SSSR count). The van der Waals surface area contributed by atoms with Gasteiger partial charge < -0.3 is 29.6 Å². The number of amidine groups is 2. The average molecular weight is 1090 g/mol. The molecule has 345 valence electrons. The van der Waals surface area contributed by atoms with Crippen LogP contribution in [-0.2, 0) is 38.1 Å². The number of alkyl halides is 1. The van der Waals surface area contributed by atoms with Crippen molar-refractivity contribution in [2.75, 3.05) is 18.5 Å². The molecule has 0 spiro atoms. The van der Waals surface area contributed by atoms with Crippen molar-refractivity contribution >= 4 is 141 Å². The molecule has 1 radical (unpaired) electrons. The summed E-state index contributed by atoms with van der Waals surface area (Å²) in [7, 11) is 4.34. The Morgan fingerprint density at radius 2 is 1.20 bits per heavy atom. The second-order valence-electron chi connectivity index (χ2n) is 12.8. The summed E-state index contributed by atoms with van der Waals surface area (Å²) < 4.78 is 23.3. The van der Waals surface area contributed by atoms with Crippen LogP contribution in [0.1, 0.15) is 75.3 Å². The first-order valence-corrected chi connectivity index (χ1v) is 23.6. The predicted molar refractivity (Wildman–Crippen MR) is 264 cm³/mol. The van der Waals surface area contributed by atoms with Gasteiger partial charge in [-0.05, 0) is 58.9 Å². The van der Waals surface area contributed by atoms with Gasteiger partial charge in [0.25, 0.3) is 0 Å². The molecule has 0 aliphatic carbocycles. The molecule has 2 N–H and O–H groups in total. The van der Waals surface area contributed by atoms with Crippen molar-refractivity contribution in [1.82, 2.24) is 20.6 Å². The molecule has 4 heterocycles. The number of nitrogens with zero attached hydrogens (tertiary/aromatic N) is 5. The number of esters is 4. The molecule has 0 unspecified atom stereocenters. The molecule has 0 bridgehead atoms. The Hall–Kier alpha value is -4.15. The molecule has 0 fully saturated rings. The van der Waals surface area contributed by atoms with Gasteiger partial charge in [0.1, 0.15) is 12.1 Å². The first-order valence-electron chi connectivity index (χ1n) is 18.8. The number of carbonyl (C=O) groups is 4. The van der Waals surface area contributed by atoms with E-state index in [1.165, 1.54) is 36.5 Å². The van der Waals surface area contributed by atoms with Gasteiger partial charge in [-0.3, -0.25) is 9.98 Å². The van der Waals surface area contributed by atoms with Gasteiger partial charge in [0, 0.05) is 71.1 Å². The fraction of sp³-hybridized carbons (Fsp3) is 0.317. The number of thiazole rings is 2. The number of allylic oxidation sites excluding steroid dienone is 2. The molecule has 24 heteroatoms. The summed E-state index contributed by atoms with van der Waals surface area (Å²) in [5, 5.41) is 13.1. The standard InChI is InChI=1S/C20H18BrCl2N3O4S.C20H19Cl2N3O4S.CH4.BHNS/c1-3-29-19(27)10(2)30-20(28)15-14(9-21)25-17(18-24-6-7-31-18)26-16(15)12-5-4-11(22)8-13(12)23;1-4-28-19(26)11(3)29-20(27)15-10(2)24-17(18-23-7-8-30-18)25-16(15)13-6-5-12(21)9-14(13)22;;1-2-3/h4-8,10,16H,3,9H2,1-2H3,(H,25,26);5-9,11,16H,4H2,1-3H3,(H,24,25);1H4;3H/t10-,16+;11-,16+;;/m11../s1. The van der Waals surface area contributed by atoms with Crippen LogP contribution in [0.4, 0.5) is 0 Å². The van der Waals surface area contributed by atoms with Crippen LogP contribution in [0.5, 0.6) is 0 Å². The molecule has 0 amide bonds. The summed E-state index contributed by atoms with van der Waals surface area (Å²) in [4.78, 5) is 67.9. The van der Waals surface area contributed by atoms with Gasteiger partial charge >= 0.3 is 48.6 Å². The molecule has 4 aromatic rings. The van der Waals surface area contributed by atoms with Crippen molar-refractivity contribution in [3.63, 3.8) is 0 Å². The third kappa shape index (κ3) is 14.9. The fourth-order valence-electron chi connectivity index (χ4n) is 5.74. The first kappa shape index (κ1) is 55.2. The number of hydrogen-bond acceptors (Lipinski definition) is 18. The minimum atomic E-state index is -1.08. The number of aliphatic imine (C=N–C) groups is 2. The predicted octanol–water partition coefficient (Wildman–Crippen LogP) is 9.81. The summed E-state index contributed by atoms with van der Waals surface area (Å²) in [5.41, 5.74) is 2.64. The Morgan fingerprint density at radius 3 is 1.58 bits per heavy atom. The van der Waals surface area contributed by atoms with Crippen LogP contribution in [0, 0.1) is 0 Å². The zero-order chi connectivity index (χ0) is 47.1. The molecule has 65 heavy (non-hydrogen) atoms. The van der Waals surface area contributed by atoms with Gasteiger partial charge in [-0.1, -0.05) is 81.9 Å². The molecular weight excluding hydrogens is 1050 g/mol. The van der Waals surface area contributed by atoms with E-state index in [0.29, 0.717) is 69.6 Å². The zero-order valence-electron chi connectivity index (χ0n) is 34.4. The third-order valence-electron chi connectivity index (χ3n) is 8.53. The van der Waals surface area contributed by atoms with Gasteiger partial charge in [-0.25, -0.2) is 29.1 Å². The second kappa shape index (κ2) is 26.9. The monoisotopic (exact) mass is 1090 g/mol. The van der Waals surface area contributed by atoms with Crippen molar-refractivity contribution in [3.8, 4) is 0 Å². The topological polar surface area (TPSA) is 192 Å². The molecule has 2 aromatic carbocycles. The summed E-state index contributed by atoms with van der Waals surface area (Å²) in [5.74, 6) is -1.66. The van der Waals surface area contributed by atoms with E-state index in [0.717, 1.165) is 0 Å². The van der Waals surface area contributed by atoms with Crippen LogP contribution < -0.4 is 10.6 Å². The van der Waals surface area contributed by atoms with Crippen LogP contribution >= 0.6 is 97.8 Å². The molecule has 0 saturated carbocycles. The van der Waals surface area contributed by atoms with Crippen LogP contribution in [0.2, 0.25) is 20.1 Å². The van der Waals surface area contributed by atoms with Gasteiger partial charge in [-0.2, -0.15) is 0 Å². The first-order chi connectivity index (χ1) is 30.6. The number of ether oxygens (including phenoxy) is 4. The van der Waals surface area contributed by atoms with Gasteiger partial charge in [0.15, 0.2) is 33.9 Å². The summed E-state index contributed by atoms with van der Waals surface area (Å²) in [6.07, 6.45) is 1.18. The van der Waals surface area contributed by atoms with E-state index in [2.05, 4.69) is 66.3 Å². The number of halogens is 5. The maximum atomic E-state index is 13.1. The van der Waals surface area contributed by atoms with Crippen molar-refractivity contribution < 1.29 is 38.1 Å². The number of benzene rings is 2. The zero-order valence-corrected chi connectivity index (χ0v) is 41.6. The number of thiol groups is 1. The van der Waals surface area contributed by atoms with Crippen LogP contribution in [0.15, 0.2) is 96.4 Å². The fourth-order valence-corrected chi connectivity index (χ4v) is 8.38. The number of rotatable bonds is 13. The van der Waals surface area contributed by atoms with Crippen LogP contribution in [0.25, 0.3) is 0 Å². The van der Waals surface area contributed by atoms with Crippen molar-refractivity contribution in [2.24, 2.45) is 14.3 Å². The van der Waals surface area contributed by atoms with E-state index in [9.17, 15) is 19.2 Å². The van der Waals surface area contributed by atoms with E-state index in [1.807, 2.05) is 10.8 Å². The molecular formula is C41H42BBrCl4N7O8S3. The van der Waals surface area contributed by atoms with Crippen LogP contribution in [-0.4, -0.2) is 83.9 Å². The normalized spacial score (nSPS) is 16.2. The number of aromatic nitrogens is 2. The van der Waals surface area contributed by atoms with Crippen molar-refractivity contribution in [1.29, 1.82) is 0 Å². The number of hydrogen-bond donors (Lipinski definition) is 3. The molecule has 2 aliphatic rings. The van der Waals surface area contributed by atoms with E-state index >= 15 is 0 Å². The average Bonchev–Trinajstić information content (AvgIpc) is 4.00. The number of carbonyl (C=O) groups excluding carboxylic acids is 4. The molecule has 0 saturated heterocycles. The van der Waals surface area contributed by atoms with E-state index < -0.39 is 48.2 Å². The molecule has 4 atom stereocenters. The van der Waals surface area contributed by atoms with Gasteiger partial charge in [0.2, 0.25) is 0 Å². The molecule has 15 nitrogen and oxygen atoms in total.